The topological polar surface area (TPSA) is 58.6 Å². The van der Waals surface area contributed by atoms with Crippen LogP contribution in [0.2, 0.25) is 0 Å². The molecule has 1 aliphatic heterocycles. The van der Waals surface area contributed by atoms with Gasteiger partial charge >= 0.3 is 0 Å². The molecule has 1 heterocycles. The van der Waals surface area contributed by atoms with E-state index in [1.165, 1.54) is 0 Å². The molecule has 78 valence electrons. The fourth-order valence-electron chi connectivity index (χ4n) is 1.24. The molecule has 1 fully saturated rings. The van der Waals surface area contributed by atoms with E-state index in [0.29, 0.717) is 31.3 Å². The van der Waals surface area contributed by atoms with Gasteiger partial charge in [0.1, 0.15) is 0 Å². The fraction of sp³-hybridized carbons (Fsp3) is 1.00. The van der Waals surface area contributed by atoms with Crippen LogP contribution in [0.1, 0.15) is 6.92 Å². The summed E-state index contributed by atoms with van der Waals surface area (Å²) >= 11 is 0. The Kier molecular flexibility index (Phi) is 4.87. The van der Waals surface area contributed by atoms with Crippen LogP contribution in [0.3, 0.4) is 0 Å². The van der Waals surface area contributed by atoms with Gasteiger partial charge in [-0.1, -0.05) is 6.92 Å². The first-order valence-corrected chi connectivity index (χ1v) is 6.07. The van der Waals surface area contributed by atoms with Gasteiger partial charge in [-0.3, -0.25) is 4.21 Å². The lowest BCUT2D eigenvalue weighted by molar-refractivity contribution is 0.122. The summed E-state index contributed by atoms with van der Waals surface area (Å²) in [5.74, 6) is 1.35. The summed E-state index contributed by atoms with van der Waals surface area (Å²) in [6.07, 6.45) is -0.407. The predicted molar refractivity (Wildman–Crippen MR) is 52.2 cm³/mol. The monoisotopic (exact) mass is 207 g/mol. The quantitative estimate of drug-likeness (QED) is 0.614. The van der Waals surface area contributed by atoms with Crippen LogP contribution in [0, 0.1) is 0 Å². The van der Waals surface area contributed by atoms with Crippen LogP contribution in [0.4, 0.5) is 0 Å². The van der Waals surface area contributed by atoms with Gasteiger partial charge in [-0.25, -0.2) is 0 Å². The minimum atomic E-state index is -0.723. The predicted octanol–water partition coefficient (Wildman–Crippen LogP) is -0.896. The van der Waals surface area contributed by atoms with E-state index >= 15 is 0 Å². The second-order valence-electron chi connectivity index (χ2n) is 3.10. The molecule has 0 aromatic heterocycles. The van der Waals surface area contributed by atoms with E-state index in [-0.39, 0.29) is 6.04 Å². The van der Waals surface area contributed by atoms with Crippen molar-refractivity contribution >= 4 is 10.8 Å². The molecule has 0 aromatic rings. The first-order chi connectivity index (χ1) is 6.24. The molecule has 0 bridgehead atoms. The Hall–Kier alpha value is 0.0300. The van der Waals surface area contributed by atoms with Crippen molar-refractivity contribution in [3.8, 4) is 0 Å². The van der Waals surface area contributed by atoms with Crippen molar-refractivity contribution in [2.45, 2.75) is 19.1 Å². The minimum Gasteiger partial charge on any atom is -0.389 e. The van der Waals surface area contributed by atoms with E-state index in [2.05, 4.69) is 5.32 Å². The molecule has 1 aliphatic rings. The molecule has 4 nitrogen and oxygen atoms in total. The van der Waals surface area contributed by atoms with Crippen molar-refractivity contribution in [3.05, 3.63) is 0 Å². The molecule has 1 saturated heterocycles. The summed E-state index contributed by atoms with van der Waals surface area (Å²) in [5, 5.41) is 12.5. The van der Waals surface area contributed by atoms with Gasteiger partial charge in [-0.05, 0) is 0 Å². The van der Waals surface area contributed by atoms with Crippen molar-refractivity contribution in [1.29, 1.82) is 0 Å². The van der Waals surface area contributed by atoms with Gasteiger partial charge in [0, 0.05) is 28.9 Å². The van der Waals surface area contributed by atoms with Crippen molar-refractivity contribution in [2.75, 3.05) is 31.3 Å². The second kappa shape index (κ2) is 5.70. The standard InChI is InChI=1S/C8H17NO3S/c1-2-13(11)4-3-9-7-5-12-6-8(7)10/h7-10H,2-6H2,1H3. The fourth-order valence-corrected chi connectivity index (χ4v) is 1.87. The van der Waals surface area contributed by atoms with Crippen molar-refractivity contribution in [2.24, 2.45) is 0 Å². The highest BCUT2D eigenvalue weighted by atomic mass is 32.2. The Morgan fingerprint density at radius 1 is 1.62 bits per heavy atom. The third-order valence-corrected chi connectivity index (χ3v) is 3.41. The molecule has 0 spiro atoms. The minimum absolute atomic E-state index is 0.0221. The molecular formula is C8H17NO3S. The molecule has 0 amide bonds. The number of aliphatic hydroxyl groups is 1. The molecular weight excluding hydrogens is 190 g/mol. The van der Waals surface area contributed by atoms with Crippen LogP contribution in [-0.4, -0.2) is 52.7 Å². The van der Waals surface area contributed by atoms with Crippen LogP contribution >= 0.6 is 0 Å². The lowest BCUT2D eigenvalue weighted by Gasteiger charge is -2.13. The van der Waals surface area contributed by atoms with Gasteiger partial charge < -0.3 is 15.2 Å². The Morgan fingerprint density at radius 2 is 2.38 bits per heavy atom. The second-order valence-corrected chi connectivity index (χ2v) is 4.96. The number of ether oxygens (including phenoxy) is 1. The Labute approximate surface area is 81.1 Å². The molecule has 0 aliphatic carbocycles. The summed E-state index contributed by atoms with van der Waals surface area (Å²) in [7, 11) is -0.723. The first-order valence-electron chi connectivity index (χ1n) is 4.58. The van der Waals surface area contributed by atoms with E-state index in [4.69, 9.17) is 4.74 Å². The van der Waals surface area contributed by atoms with Crippen molar-refractivity contribution < 1.29 is 14.1 Å². The van der Waals surface area contributed by atoms with Gasteiger partial charge in [-0.2, -0.15) is 0 Å². The largest absolute Gasteiger partial charge is 0.389 e. The zero-order chi connectivity index (χ0) is 9.68. The van der Waals surface area contributed by atoms with Crippen molar-refractivity contribution in [1.82, 2.24) is 5.32 Å². The van der Waals surface area contributed by atoms with Crippen LogP contribution in [-0.2, 0) is 15.5 Å². The van der Waals surface area contributed by atoms with Crippen LogP contribution < -0.4 is 5.32 Å². The zero-order valence-corrected chi connectivity index (χ0v) is 8.68. The number of hydrogen-bond acceptors (Lipinski definition) is 4. The molecule has 2 N–H and O–H groups in total. The molecule has 5 heteroatoms. The van der Waals surface area contributed by atoms with Gasteiger partial charge in [-0.15, -0.1) is 0 Å². The molecule has 1 rings (SSSR count). The Morgan fingerprint density at radius 3 is 2.92 bits per heavy atom. The molecule has 0 saturated carbocycles. The zero-order valence-electron chi connectivity index (χ0n) is 7.86. The maximum absolute atomic E-state index is 11.0. The third kappa shape index (κ3) is 3.72. The third-order valence-electron chi connectivity index (χ3n) is 2.11. The SMILES string of the molecule is CCS(=O)CCNC1COCC1O. The summed E-state index contributed by atoms with van der Waals surface area (Å²) in [6, 6.07) is 0.0221. The van der Waals surface area contributed by atoms with E-state index in [0.717, 1.165) is 0 Å². The summed E-state index contributed by atoms with van der Waals surface area (Å²) in [5.41, 5.74) is 0. The normalized spacial score (nSPS) is 30.6. The average molecular weight is 207 g/mol. The molecule has 3 unspecified atom stereocenters. The lowest BCUT2D eigenvalue weighted by Crippen LogP contribution is -2.40. The maximum Gasteiger partial charge on any atom is 0.0948 e. The van der Waals surface area contributed by atoms with Crippen LogP contribution in [0.15, 0.2) is 0 Å². The van der Waals surface area contributed by atoms with E-state index < -0.39 is 16.9 Å². The smallest absolute Gasteiger partial charge is 0.0948 e. The van der Waals surface area contributed by atoms with Gasteiger partial charge in [0.25, 0.3) is 0 Å². The Balaban J connectivity index is 2.08. The highest BCUT2D eigenvalue weighted by Gasteiger charge is 2.25. The molecule has 0 radical (unpaired) electrons. The summed E-state index contributed by atoms with van der Waals surface area (Å²) in [6.45, 7) is 3.56. The molecule has 13 heavy (non-hydrogen) atoms. The summed E-state index contributed by atoms with van der Waals surface area (Å²) < 4.78 is 16.1. The highest BCUT2D eigenvalue weighted by molar-refractivity contribution is 7.84. The van der Waals surface area contributed by atoms with E-state index in [9.17, 15) is 9.32 Å². The van der Waals surface area contributed by atoms with Gasteiger partial charge in [0.05, 0.1) is 25.4 Å². The van der Waals surface area contributed by atoms with Crippen LogP contribution in [0.5, 0.6) is 0 Å². The maximum atomic E-state index is 11.0. The highest BCUT2D eigenvalue weighted by Crippen LogP contribution is 2.04. The molecule has 3 atom stereocenters. The number of aliphatic hydroxyl groups excluding tert-OH is 1. The van der Waals surface area contributed by atoms with Gasteiger partial charge in [0.2, 0.25) is 0 Å². The number of hydrogen-bond donors (Lipinski definition) is 2. The first kappa shape index (κ1) is 11.1. The number of rotatable bonds is 5. The van der Waals surface area contributed by atoms with E-state index in [1.807, 2.05) is 6.92 Å². The number of nitrogens with one attached hydrogen (secondary N) is 1. The average Bonchev–Trinajstić information content (AvgIpc) is 2.52. The van der Waals surface area contributed by atoms with Crippen LogP contribution in [0.25, 0.3) is 0 Å². The molecule has 0 aromatic carbocycles. The van der Waals surface area contributed by atoms with E-state index in [1.54, 1.807) is 0 Å². The summed E-state index contributed by atoms with van der Waals surface area (Å²) in [4.78, 5) is 0. The Bertz CT molecular complexity index is 177. The van der Waals surface area contributed by atoms with Gasteiger partial charge in [0.15, 0.2) is 0 Å². The van der Waals surface area contributed by atoms with Crippen molar-refractivity contribution in [3.63, 3.8) is 0 Å². The lowest BCUT2D eigenvalue weighted by atomic mass is 10.2.